The van der Waals surface area contributed by atoms with Gasteiger partial charge >= 0.3 is 0 Å². The average molecular weight is 333 g/mol. The largest absolute Gasteiger partial charge is 0.476 e. The van der Waals surface area contributed by atoms with Crippen molar-refractivity contribution in [3.05, 3.63) is 40.7 Å². The number of morpholine rings is 1. The first kappa shape index (κ1) is 15.9. The average Bonchev–Trinajstić information content (AvgIpc) is 3.12. The molecule has 1 N–H and O–H groups in total. The number of aromatic nitrogens is 1. The van der Waals surface area contributed by atoms with E-state index in [9.17, 15) is 4.79 Å². The highest BCUT2D eigenvalue weighted by Gasteiger charge is 2.10. The molecule has 0 aliphatic carbocycles. The van der Waals surface area contributed by atoms with Crippen molar-refractivity contribution in [1.82, 2.24) is 9.88 Å². The number of thiophene rings is 1. The topological polar surface area (TPSA) is 63.7 Å². The maximum absolute atomic E-state index is 11.9. The van der Waals surface area contributed by atoms with Crippen LogP contribution >= 0.6 is 11.3 Å². The molecule has 2 aromatic rings. The van der Waals surface area contributed by atoms with Crippen molar-refractivity contribution >= 4 is 22.9 Å². The lowest BCUT2D eigenvalue weighted by Gasteiger charge is -2.26. The van der Waals surface area contributed by atoms with E-state index in [1.807, 2.05) is 11.4 Å². The smallest absolute Gasteiger partial charge is 0.265 e. The van der Waals surface area contributed by atoms with Gasteiger partial charge in [-0.2, -0.15) is 0 Å². The van der Waals surface area contributed by atoms with Crippen molar-refractivity contribution in [3.8, 4) is 5.88 Å². The molecule has 0 atom stereocenters. The van der Waals surface area contributed by atoms with Crippen LogP contribution in [0.5, 0.6) is 5.88 Å². The lowest BCUT2D eigenvalue weighted by molar-refractivity contribution is 0.0320. The number of pyridine rings is 1. The Morgan fingerprint density at radius 3 is 2.91 bits per heavy atom. The molecule has 0 bridgehead atoms. The first-order valence-electron chi connectivity index (χ1n) is 7.55. The van der Waals surface area contributed by atoms with Crippen LogP contribution in [0.2, 0.25) is 0 Å². The highest BCUT2D eigenvalue weighted by molar-refractivity contribution is 7.12. The molecule has 1 fully saturated rings. The summed E-state index contributed by atoms with van der Waals surface area (Å²) in [6.07, 6.45) is 1.61. The number of ether oxygens (including phenoxy) is 2. The van der Waals surface area contributed by atoms with Crippen LogP contribution in [0.15, 0.2) is 35.8 Å². The molecule has 1 saturated heterocycles. The molecule has 3 rings (SSSR count). The Labute approximate surface area is 139 Å². The molecule has 0 spiro atoms. The van der Waals surface area contributed by atoms with Gasteiger partial charge in [-0.1, -0.05) is 6.07 Å². The maximum atomic E-state index is 11.9. The molecule has 0 unspecified atom stereocenters. The highest BCUT2D eigenvalue weighted by atomic mass is 32.1. The number of hydrogen-bond acceptors (Lipinski definition) is 6. The third kappa shape index (κ3) is 4.75. The van der Waals surface area contributed by atoms with Crippen LogP contribution in [-0.2, 0) is 4.74 Å². The Kier molecular flexibility index (Phi) is 5.57. The molecular formula is C16H19N3O3S. The molecular weight excluding hydrogens is 314 g/mol. The fraction of sp³-hybridized carbons (Fsp3) is 0.375. The van der Waals surface area contributed by atoms with Crippen LogP contribution in [0.3, 0.4) is 0 Å². The van der Waals surface area contributed by atoms with Crippen LogP contribution in [0.1, 0.15) is 9.67 Å². The van der Waals surface area contributed by atoms with Crippen LogP contribution in [0, 0.1) is 0 Å². The van der Waals surface area contributed by atoms with Crippen molar-refractivity contribution in [2.45, 2.75) is 0 Å². The molecule has 0 aromatic carbocycles. The number of nitrogens with zero attached hydrogens (tertiary/aromatic N) is 2. The Balaban J connectivity index is 1.44. The lowest BCUT2D eigenvalue weighted by atomic mass is 10.4. The minimum Gasteiger partial charge on any atom is -0.476 e. The van der Waals surface area contributed by atoms with E-state index in [0.29, 0.717) is 23.1 Å². The molecule has 0 saturated carbocycles. The van der Waals surface area contributed by atoms with E-state index in [2.05, 4.69) is 15.2 Å². The summed E-state index contributed by atoms with van der Waals surface area (Å²) in [5.74, 6) is 0.440. The number of amides is 1. The van der Waals surface area contributed by atoms with Crippen molar-refractivity contribution in [2.24, 2.45) is 0 Å². The zero-order valence-corrected chi connectivity index (χ0v) is 13.6. The summed E-state index contributed by atoms with van der Waals surface area (Å²) < 4.78 is 10.9. The standard InChI is InChI=1S/C16H19N3O3S/c20-16(14-2-1-11-23-14)18-13-3-4-15(17-12-13)22-10-7-19-5-8-21-9-6-19/h1-4,11-12H,5-10H2,(H,18,20). The molecule has 1 aliphatic rings. The fourth-order valence-corrected chi connectivity index (χ4v) is 2.86. The number of anilines is 1. The van der Waals surface area contributed by atoms with Crippen molar-refractivity contribution in [2.75, 3.05) is 44.8 Å². The van der Waals surface area contributed by atoms with E-state index in [-0.39, 0.29) is 5.91 Å². The van der Waals surface area contributed by atoms with Crippen molar-refractivity contribution in [3.63, 3.8) is 0 Å². The van der Waals surface area contributed by atoms with Gasteiger partial charge in [-0.3, -0.25) is 9.69 Å². The zero-order chi connectivity index (χ0) is 15.9. The van der Waals surface area contributed by atoms with E-state index < -0.39 is 0 Å². The molecule has 1 amide bonds. The van der Waals surface area contributed by atoms with Gasteiger partial charge < -0.3 is 14.8 Å². The third-order valence-corrected chi connectivity index (χ3v) is 4.37. The molecule has 1 aliphatic heterocycles. The van der Waals surface area contributed by atoms with Crippen molar-refractivity contribution < 1.29 is 14.3 Å². The van der Waals surface area contributed by atoms with Crippen LogP contribution in [0.25, 0.3) is 0 Å². The molecule has 122 valence electrons. The highest BCUT2D eigenvalue weighted by Crippen LogP contribution is 2.15. The molecule has 2 aromatic heterocycles. The van der Waals surface area contributed by atoms with Gasteiger partial charge in [-0.15, -0.1) is 11.3 Å². The second kappa shape index (κ2) is 8.05. The number of carbonyl (C=O) groups excluding carboxylic acids is 1. The molecule has 0 radical (unpaired) electrons. The summed E-state index contributed by atoms with van der Waals surface area (Å²) in [5.41, 5.74) is 0.656. The lowest BCUT2D eigenvalue weighted by Crippen LogP contribution is -2.38. The van der Waals surface area contributed by atoms with Gasteiger partial charge in [0.25, 0.3) is 5.91 Å². The molecule has 7 heteroatoms. The summed E-state index contributed by atoms with van der Waals surface area (Å²) in [4.78, 5) is 19.1. The van der Waals surface area contributed by atoms with E-state index in [0.717, 1.165) is 32.8 Å². The minimum absolute atomic E-state index is 0.122. The normalized spacial score (nSPS) is 15.3. The summed E-state index contributed by atoms with van der Waals surface area (Å²) in [7, 11) is 0. The SMILES string of the molecule is O=C(Nc1ccc(OCCN2CCOCC2)nc1)c1cccs1. The van der Waals surface area contributed by atoms with Gasteiger partial charge in [0.05, 0.1) is 30.0 Å². The van der Waals surface area contributed by atoms with Crippen LogP contribution in [-0.4, -0.2) is 55.2 Å². The second-order valence-electron chi connectivity index (χ2n) is 5.12. The van der Waals surface area contributed by atoms with E-state index >= 15 is 0 Å². The van der Waals surface area contributed by atoms with Gasteiger partial charge in [0.15, 0.2) is 0 Å². The number of carbonyl (C=O) groups is 1. The van der Waals surface area contributed by atoms with Gasteiger partial charge in [0, 0.05) is 25.7 Å². The summed E-state index contributed by atoms with van der Waals surface area (Å²) >= 11 is 1.41. The first-order valence-corrected chi connectivity index (χ1v) is 8.43. The van der Waals surface area contributed by atoms with Gasteiger partial charge in [-0.05, 0) is 17.5 Å². The quantitative estimate of drug-likeness (QED) is 0.877. The number of hydrogen-bond donors (Lipinski definition) is 1. The van der Waals surface area contributed by atoms with E-state index in [1.165, 1.54) is 11.3 Å². The van der Waals surface area contributed by atoms with Crippen LogP contribution in [0.4, 0.5) is 5.69 Å². The second-order valence-corrected chi connectivity index (χ2v) is 6.07. The molecule has 23 heavy (non-hydrogen) atoms. The predicted octanol–water partition coefficient (Wildman–Crippen LogP) is 2.11. The summed E-state index contributed by atoms with van der Waals surface area (Å²) in [6, 6.07) is 7.20. The van der Waals surface area contributed by atoms with E-state index in [1.54, 1.807) is 24.4 Å². The number of nitrogens with one attached hydrogen (secondary N) is 1. The van der Waals surface area contributed by atoms with Crippen LogP contribution < -0.4 is 10.1 Å². The Bertz CT molecular complexity index is 610. The van der Waals surface area contributed by atoms with Crippen molar-refractivity contribution in [1.29, 1.82) is 0 Å². The predicted molar refractivity (Wildman–Crippen MR) is 89.3 cm³/mol. The molecule has 3 heterocycles. The van der Waals surface area contributed by atoms with Gasteiger partial charge in [-0.25, -0.2) is 4.98 Å². The van der Waals surface area contributed by atoms with Gasteiger partial charge in [0.2, 0.25) is 5.88 Å². The van der Waals surface area contributed by atoms with Gasteiger partial charge in [0.1, 0.15) is 6.61 Å². The Morgan fingerprint density at radius 2 is 2.22 bits per heavy atom. The summed E-state index contributed by atoms with van der Waals surface area (Å²) in [5, 5.41) is 4.68. The minimum atomic E-state index is -0.122. The first-order chi connectivity index (χ1) is 11.3. The zero-order valence-electron chi connectivity index (χ0n) is 12.7. The Hall–Kier alpha value is -1.96. The summed E-state index contributed by atoms with van der Waals surface area (Å²) in [6.45, 7) is 4.93. The monoisotopic (exact) mass is 333 g/mol. The number of rotatable bonds is 6. The third-order valence-electron chi connectivity index (χ3n) is 3.50. The van der Waals surface area contributed by atoms with E-state index in [4.69, 9.17) is 9.47 Å². The maximum Gasteiger partial charge on any atom is 0.265 e. The fourth-order valence-electron chi connectivity index (χ4n) is 2.24. The molecule has 6 nitrogen and oxygen atoms in total. The Morgan fingerprint density at radius 1 is 1.35 bits per heavy atom.